The van der Waals surface area contributed by atoms with Gasteiger partial charge in [0, 0.05) is 10.0 Å². The number of oxime groups is 1. The fourth-order valence-electron chi connectivity index (χ4n) is 1.63. The third-order valence-electron chi connectivity index (χ3n) is 2.68. The van der Waals surface area contributed by atoms with Crippen molar-refractivity contribution in [1.29, 1.82) is 0 Å². The van der Waals surface area contributed by atoms with Crippen LogP contribution in [-0.2, 0) is 10.1 Å². The van der Waals surface area contributed by atoms with Crippen molar-refractivity contribution in [2.24, 2.45) is 5.16 Å². The number of benzene rings is 2. The van der Waals surface area contributed by atoms with E-state index in [1.54, 1.807) is 24.3 Å². The molecule has 5 nitrogen and oxygen atoms in total. The van der Waals surface area contributed by atoms with Gasteiger partial charge < -0.3 is 9.39 Å². The van der Waals surface area contributed by atoms with E-state index in [0.717, 1.165) is 11.8 Å². The lowest BCUT2D eigenvalue weighted by atomic mass is 10.2. The molecule has 110 valence electrons. The molecule has 0 fully saturated rings. The highest BCUT2D eigenvalue weighted by Gasteiger charge is 2.18. The van der Waals surface area contributed by atoms with Gasteiger partial charge in [0.15, 0.2) is 5.75 Å². The number of rotatable bonds is 4. The van der Waals surface area contributed by atoms with Crippen LogP contribution in [0.5, 0.6) is 5.75 Å². The van der Waals surface area contributed by atoms with Crippen LogP contribution < -0.4 is 4.18 Å². The quantitative estimate of drug-likeness (QED) is 0.388. The minimum Gasteiger partial charge on any atom is -0.411 e. The molecule has 7 heteroatoms. The van der Waals surface area contributed by atoms with Gasteiger partial charge in [0.25, 0.3) is 0 Å². The fraction of sp³-hybridized carbons (Fsp3) is 0.0714. The lowest BCUT2D eigenvalue weighted by Gasteiger charge is -2.09. The maximum Gasteiger partial charge on any atom is 0.339 e. The van der Waals surface area contributed by atoms with Crippen molar-refractivity contribution in [3.8, 4) is 5.75 Å². The van der Waals surface area contributed by atoms with Gasteiger partial charge >= 0.3 is 10.1 Å². The highest BCUT2D eigenvalue weighted by atomic mass is 79.9. The SMILES string of the molecule is Cc1ccc(S(=O)(=O)Oc2ccc(Br)cc2C=NO)cc1. The molecule has 2 aromatic carbocycles. The first-order valence-corrected chi connectivity index (χ1v) is 8.10. The van der Waals surface area contributed by atoms with Gasteiger partial charge in [0.1, 0.15) is 4.90 Å². The Morgan fingerprint density at radius 1 is 1.19 bits per heavy atom. The summed E-state index contributed by atoms with van der Waals surface area (Å²) in [5.74, 6) is 0.0802. The number of aryl methyl sites for hydroxylation is 1. The molecular weight excluding hydrogens is 358 g/mol. The monoisotopic (exact) mass is 369 g/mol. The van der Waals surface area contributed by atoms with E-state index in [1.165, 1.54) is 18.2 Å². The smallest absolute Gasteiger partial charge is 0.339 e. The molecule has 0 saturated carbocycles. The van der Waals surface area contributed by atoms with E-state index in [1.807, 2.05) is 6.92 Å². The predicted octanol–water partition coefficient (Wildman–Crippen LogP) is 3.33. The van der Waals surface area contributed by atoms with Crippen LogP contribution in [-0.4, -0.2) is 19.8 Å². The van der Waals surface area contributed by atoms with Crippen molar-refractivity contribution in [3.63, 3.8) is 0 Å². The van der Waals surface area contributed by atoms with E-state index in [9.17, 15) is 8.42 Å². The molecule has 21 heavy (non-hydrogen) atoms. The lowest BCUT2D eigenvalue weighted by molar-refractivity contribution is 0.321. The Balaban J connectivity index is 2.39. The molecule has 0 aliphatic carbocycles. The van der Waals surface area contributed by atoms with Gasteiger partial charge in [-0.2, -0.15) is 8.42 Å². The number of hydrogen-bond acceptors (Lipinski definition) is 5. The first-order valence-electron chi connectivity index (χ1n) is 5.90. The number of nitrogens with zero attached hydrogens (tertiary/aromatic N) is 1. The van der Waals surface area contributed by atoms with Crippen LogP contribution in [0.15, 0.2) is 57.0 Å². The first kappa shape index (κ1) is 15.5. The Labute approximate surface area is 131 Å². The Kier molecular flexibility index (Phi) is 4.64. The van der Waals surface area contributed by atoms with E-state index < -0.39 is 10.1 Å². The Morgan fingerprint density at radius 2 is 1.86 bits per heavy atom. The van der Waals surface area contributed by atoms with Crippen molar-refractivity contribution in [2.75, 3.05) is 0 Å². The summed E-state index contributed by atoms with van der Waals surface area (Å²) in [5.41, 5.74) is 1.29. The fourth-order valence-corrected chi connectivity index (χ4v) is 2.96. The third-order valence-corrected chi connectivity index (χ3v) is 4.42. The van der Waals surface area contributed by atoms with Crippen LogP contribution in [0.1, 0.15) is 11.1 Å². The molecule has 0 unspecified atom stereocenters. The molecule has 2 aromatic rings. The van der Waals surface area contributed by atoms with Crippen LogP contribution in [0.2, 0.25) is 0 Å². The highest BCUT2D eigenvalue weighted by molar-refractivity contribution is 9.10. The summed E-state index contributed by atoms with van der Waals surface area (Å²) in [6.45, 7) is 1.86. The van der Waals surface area contributed by atoms with Crippen LogP contribution in [0.4, 0.5) is 0 Å². The van der Waals surface area contributed by atoms with Gasteiger partial charge in [-0.1, -0.05) is 38.8 Å². The summed E-state index contributed by atoms with van der Waals surface area (Å²) in [4.78, 5) is 0.0582. The molecule has 0 spiro atoms. The average Bonchev–Trinajstić information content (AvgIpc) is 2.42. The minimum absolute atomic E-state index is 0.0582. The zero-order valence-electron chi connectivity index (χ0n) is 11.0. The molecule has 0 amide bonds. The Bertz CT molecular complexity index is 770. The normalized spacial score (nSPS) is 11.7. The molecule has 0 saturated heterocycles. The van der Waals surface area contributed by atoms with Crippen molar-refractivity contribution in [3.05, 3.63) is 58.1 Å². The van der Waals surface area contributed by atoms with Crippen LogP contribution in [0.3, 0.4) is 0 Å². The van der Waals surface area contributed by atoms with Crippen molar-refractivity contribution in [2.45, 2.75) is 11.8 Å². The molecule has 0 radical (unpaired) electrons. The summed E-state index contributed by atoms with van der Waals surface area (Å²) < 4.78 is 30.2. The maximum atomic E-state index is 12.2. The second-order valence-corrected chi connectivity index (χ2v) is 6.74. The van der Waals surface area contributed by atoms with Gasteiger partial charge in [0.05, 0.1) is 6.21 Å². The molecule has 1 N–H and O–H groups in total. The molecule has 0 aromatic heterocycles. The van der Waals surface area contributed by atoms with Gasteiger partial charge in [0.2, 0.25) is 0 Å². The summed E-state index contributed by atoms with van der Waals surface area (Å²) in [6, 6.07) is 11.0. The number of halogens is 1. The zero-order chi connectivity index (χ0) is 15.5. The molecule has 0 aliphatic rings. The minimum atomic E-state index is -3.94. The Morgan fingerprint density at radius 3 is 2.48 bits per heavy atom. The summed E-state index contributed by atoms with van der Waals surface area (Å²) in [7, 11) is -3.94. The third kappa shape index (κ3) is 3.83. The van der Waals surface area contributed by atoms with Crippen LogP contribution >= 0.6 is 15.9 Å². The van der Waals surface area contributed by atoms with Crippen molar-refractivity contribution in [1.82, 2.24) is 0 Å². The second-order valence-electron chi connectivity index (χ2n) is 4.28. The van der Waals surface area contributed by atoms with Crippen LogP contribution in [0.25, 0.3) is 0 Å². The van der Waals surface area contributed by atoms with E-state index >= 15 is 0 Å². The molecule has 0 aliphatic heterocycles. The van der Waals surface area contributed by atoms with Crippen molar-refractivity contribution >= 4 is 32.3 Å². The zero-order valence-corrected chi connectivity index (χ0v) is 13.4. The standard InChI is InChI=1S/C14H12BrNO4S/c1-10-2-5-13(6-3-10)21(18,19)20-14-7-4-12(15)8-11(14)9-16-17/h2-9,17H,1H3. The summed E-state index contributed by atoms with van der Waals surface area (Å²) in [5, 5.41) is 11.5. The topological polar surface area (TPSA) is 76.0 Å². The maximum absolute atomic E-state index is 12.2. The molecule has 0 atom stereocenters. The highest BCUT2D eigenvalue weighted by Crippen LogP contribution is 2.25. The molecule has 0 heterocycles. The van der Waals surface area contributed by atoms with Gasteiger partial charge in [-0.3, -0.25) is 0 Å². The Hall–Kier alpha value is -1.86. The second kappa shape index (κ2) is 6.28. The molecule has 2 rings (SSSR count). The van der Waals surface area contributed by atoms with Gasteiger partial charge in [-0.25, -0.2) is 0 Å². The largest absolute Gasteiger partial charge is 0.411 e. The van der Waals surface area contributed by atoms with E-state index in [0.29, 0.717) is 10.0 Å². The average molecular weight is 370 g/mol. The predicted molar refractivity (Wildman–Crippen MR) is 82.5 cm³/mol. The van der Waals surface area contributed by atoms with E-state index in [2.05, 4.69) is 21.1 Å². The number of hydrogen-bond donors (Lipinski definition) is 1. The van der Waals surface area contributed by atoms with E-state index in [-0.39, 0.29) is 10.6 Å². The van der Waals surface area contributed by atoms with Crippen LogP contribution in [0, 0.1) is 6.92 Å². The van der Waals surface area contributed by atoms with Gasteiger partial charge in [-0.05, 0) is 37.3 Å². The lowest BCUT2D eigenvalue weighted by Crippen LogP contribution is -2.11. The summed E-state index contributed by atoms with van der Waals surface area (Å²) >= 11 is 3.25. The molecule has 0 bridgehead atoms. The molecular formula is C14H12BrNO4S. The van der Waals surface area contributed by atoms with Gasteiger partial charge in [-0.15, -0.1) is 0 Å². The van der Waals surface area contributed by atoms with Crippen molar-refractivity contribution < 1.29 is 17.8 Å². The van der Waals surface area contributed by atoms with E-state index in [4.69, 9.17) is 9.39 Å². The summed E-state index contributed by atoms with van der Waals surface area (Å²) in [6.07, 6.45) is 1.10. The first-order chi connectivity index (χ1) is 9.92.